The fraction of sp³-hybridized carbons (Fsp3) is 0.364. The van der Waals surface area contributed by atoms with Crippen LogP contribution in [0.5, 0.6) is 5.75 Å². The van der Waals surface area contributed by atoms with E-state index >= 15 is 0 Å². The third-order valence-electron chi connectivity index (χ3n) is 4.08. The molecule has 0 N–H and O–H groups in total. The number of hydrogen-bond donors (Lipinski definition) is 0. The minimum atomic E-state index is -0.0700. The molecule has 4 aliphatic rings. The van der Waals surface area contributed by atoms with Gasteiger partial charge in [0, 0.05) is 11.6 Å². The average molecular weight is 351 g/mol. The Hall–Kier alpha value is -2.80. The van der Waals surface area contributed by atoms with Crippen molar-refractivity contribution in [3.8, 4) is 11.8 Å². The lowest BCUT2D eigenvalue weighted by molar-refractivity contribution is -0.143. The number of unbranched alkanes of at least 4 members (excludes halogenated alkanes) is 1. The smallest absolute Gasteiger partial charge is 0.305 e. The monoisotopic (exact) mass is 351 g/mol. The maximum Gasteiger partial charge on any atom is 0.305 e. The fourth-order valence-electron chi connectivity index (χ4n) is 2.47. The summed E-state index contributed by atoms with van der Waals surface area (Å²) in [5.74, 6) is 0.995. The second-order valence-corrected chi connectivity index (χ2v) is 5.92. The predicted octanol–water partition coefficient (Wildman–Crippen LogP) is 4.58. The molecule has 0 unspecified atom stereocenters. The van der Waals surface area contributed by atoms with Crippen LogP contribution in [0.3, 0.4) is 0 Å². The molecule has 4 aliphatic carbocycles. The number of esters is 1. The van der Waals surface area contributed by atoms with Gasteiger partial charge in [0.2, 0.25) is 0 Å². The topological polar surface area (TPSA) is 59.3 Å². The zero-order valence-corrected chi connectivity index (χ0v) is 15.7. The molecule has 136 valence electrons. The summed E-state index contributed by atoms with van der Waals surface area (Å²) in [6.45, 7) is 7.16. The Morgan fingerprint density at radius 1 is 1.00 bits per heavy atom. The van der Waals surface area contributed by atoms with Crippen molar-refractivity contribution in [1.29, 1.82) is 5.26 Å². The van der Waals surface area contributed by atoms with E-state index in [2.05, 4.69) is 31.2 Å². The van der Waals surface area contributed by atoms with Crippen LogP contribution in [0, 0.1) is 32.2 Å². The summed E-state index contributed by atoms with van der Waals surface area (Å²) in [4.78, 5) is 10.6. The molecule has 0 saturated carbocycles. The minimum Gasteiger partial charge on any atom is -0.493 e. The van der Waals surface area contributed by atoms with E-state index in [-0.39, 0.29) is 5.97 Å². The maximum atomic E-state index is 10.6. The average Bonchev–Trinajstić information content (AvgIpc) is 2.61. The van der Waals surface area contributed by atoms with Gasteiger partial charge in [-0.05, 0) is 48.1 Å². The number of carbonyl (C=O) groups is 1. The quantitative estimate of drug-likeness (QED) is 0.477. The Labute approximate surface area is 154 Å². The first kappa shape index (κ1) is 19.5. The molecule has 0 bridgehead atoms. The van der Waals surface area contributed by atoms with E-state index in [1.807, 2.05) is 32.0 Å². The first-order chi connectivity index (χ1) is 12.6. The molecule has 4 rings (SSSR count). The Morgan fingerprint density at radius 3 is 2.00 bits per heavy atom. The summed E-state index contributed by atoms with van der Waals surface area (Å²) in [7, 11) is 0. The highest BCUT2D eigenvalue weighted by Crippen LogP contribution is 2.23. The number of rotatable bonds is 6. The van der Waals surface area contributed by atoms with Gasteiger partial charge in [-0.1, -0.05) is 37.6 Å². The second-order valence-electron chi connectivity index (χ2n) is 5.92. The van der Waals surface area contributed by atoms with Crippen LogP contribution in [-0.2, 0) is 9.53 Å². The minimum absolute atomic E-state index is 0.0700. The van der Waals surface area contributed by atoms with Crippen molar-refractivity contribution in [3.05, 3.63) is 62.8 Å². The van der Waals surface area contributed by atoms with Crippen molar-refractivity contribution in [2.24, 2.45) is 0 Å². The van der Waals surface area contributed by atoms with Crippen LogP contribution in [0.25, 0.3) is 0 Å². The Balaban J connectivity index is 0.000000140. The molecule has 0 saturated heterocycles. The van der Waals surface area contributed by atoms with E-state index in [1.165, 1.54) is 15.7 Å². The molecule has 0 spiro atoms. The van der Waals surface area contributed by atoms with Gasteiger partial charge in [-0.25, -0.2) is 0 Å². The van der Waals surface area contributed by atoms with E-state index < -0.39 is 0 Å². The number of hydrogen-bond acceptors (Lipinski definition) is 4. The van der Waals surface area contributed by atoms with E-state index in [4.69, 9.17) is 14.7 Å². The van der Waals surface area contributed by atoms with Gasteiger partial charge >= 0.3 is 5.97 Å². The van der Waals surface area contributed by atoms with E-state index in [0.29, 0.717) is 13.0 Å². The standard InChI is InChI=1S/C8H8O.C7H3N.C7H14O2/c1-2-9-8-5-6-3-4-7(6)8;8-4-6-3-5-1-2-7(5)6;1-3-5-6-7(8)9-4-2/h3-5H,2H2,1H3;1-3H;3-6H2,1-2H3. The molecule has 0 fully saturated rings. The summed E-state index contributed by atoms with van der Waals surface area (Å²) in [6.07, 6.45) is 2.57. The molecule has 0 amide bonds. The summed E-state index contributed by atoms with van der Waals surface area (Å²) in [5.41, 5.74) is 0.836. The van der Waals surface area contributed by atoms with Gasteiger partial charge < -0.3 is 9.47 Å². The highest BCUT2D eigenvalue weighted by atomic mass is 16.5. The van der Waals surface area contributed by atoms with Gasteiger partial charge in [-0.2, -0.15) is 5.26 Å². The Bertz CT molecular complexity index is 990. The molecule has 0 atom stereocenters. The van der Waals surface area contributed by atoms with E-state index in [9.17, 15) is 4.79 Å². The molecule has 0 aromatic rings. The number of benzene rings is 2. The van der Waals surface area contributed by atoms with Crippen LogP contribution in [0.4, 0.5) is 0 Å². The summed E-state index contributed by atoms with van der Waals surface area (Å²) in [5, 5.41) is 13.4. The summed E-state index contributed by atoms with van der Waals surface area (Å²) >= 11 is 0. The lowest BCUT2D eigenvalue weighted by Crippen LogP contribution is -2.02. The molecule has 0 heterocycles. The molecule has 26 heavy (non-hydrogen) atoms. The lowest BCUT2D eigenvalue weighted by atomic mass is 10.0. The Morgan fingerprint density at radius 2 is 1.69 bits per heavy atom. The van der Waals surface area contributed by atoms with E-state index in [0.717, 1.165) is 36.0 Å². The van der Waals surface area contributed by atoms with Crippen LogP contribution in [-0.4, -0.2) is 19.2 Å². The zero-order chi connectivity index (χ0) is 18.9. The van der Waals surface area contributed by atoms with Crippen molar-refractivity contribution in [2.45, 2.75) is 40.0 Å². The summed E-state index contributed by atoms with van der Waals surface area (Å²) < 4.78 is 9.97. The number of ether oxygens (including phenoxy) is 2. The SMILES string of the molecule is CCCCC(=O)OCC.CCOc1cc2ccc1=2.N#Cc1cc2ccc1=2. The van der Waals surface area contributed by atoms with Gasteiger partial charge in [-0.15, -0.1) is 0 Å². The van der Waals surface area contributed by atoms with E-state index in [1.54, 1.807) is 0 Å². The Kier molecular flexibility index (Phi) is 7.23. The van der Waals surface area contributed by atoms with Gasteiger partial charge in [0.1, 0.15) is 5.75 Å². The highest BCUT2D eigenvalue weighted by molar-refractivity contribution is 5.69. The zero-order valence-electron chi connectivity index (χ0n) is 15.7. The second kappa shape index (κ2) is 9.62. The van der Waals surface area contributed by atoms with Crippen molar-refractivity contribution < 1.29 is 14.3 Å². The number of nitrogens with zero attached hydrogens (tertiary/aromatic N) is 1. The van der Waals surface area contributed by atoms with Crippen LogP contribution >= 0.6 is 0 Å². The first-order valence-corrected chi connectivity index (χ1v) is 9.11. The third-order valence-corrected chi connectivity index (χ3v) is 4.08. The normalized spacial score (nSPS) is 10.2. The van der Waals surface area contributed by atoms with Gasteiger partial charge in [0.15, 0.2) is 0 Å². The molecule has 0 aliphatic heterocycles. The van der Waals surface area contributed by atoms with Crippen LogP contribution in [0.15, 0.2) is 36.4 Å². The summed E-state index contributed by atoms with van der Waals surface area (Å²) in [6, 6.07) is 14.2. The van der Waals surface area contributed by atoms with Crippen molar-refractivity contribution in [1.82, 2.24) is 0 Å². The van der Waals surface area contributed by atoms with Crippen LogP contribution < -0.4 is 4.74 Å². The molecule has 0 radical (unpaired) electrons. The molecular formula is C22H25NO3. The molecule has 4 nitrogen and oxygen atoms in total. The maximum absolute atomic E-state index is 10.6. The van der Waals surface area contributed by atoms with Crippen molar-refractivity contribution >= 4 is 5.97 Å². The number of nitriles is 1. The van der Waals surface area contributed by atoms with Gasteiger partial charge in [0.25, 0.3) is 0 Å². The van der Waals surface area contributed by atoms with Gasteiger partial charge in [0.05, 0.1) is 24.8 Å². The lowest BCUT2D eigenvalue weighted by Gasteiger charge is -2.10. The van der Waals surface area contributed by atoms with Crippen LogP contribution in [0.2, 0.25) is 0 Å². The van der Waals surface area contributed by atoms with Crippen molar-refractivity contribution in [2.75, 3.05) is 13.2 Å². The van der Waals surface area contributed by atoms with Gasteiger partial charge in [-0.3, -0.25) is 4.79 Å². The molecule has 0 aromatic carbocycles. The van der Waals surface area contributed by atoms with Crippen LogP contribution in [0.1, 0.15) is 45.6 Å². The molecule has 0 aromatic heterocycles. The third kappa shape index (κ3) is 4.64. The predicted molar refractivity (Wildman–Crippen MR) is 100 cm³/mol. The number of carbonyl (C=O) groups excluding carboxylic acids is 1. The first-order valence-electron chi connectivity index (χ1n) is 9.11. The van der Waals surface area contributed by atoms with Crippen molar-refractivity contribution in [3.63, 3.8) is 0 Å². The largest absolute Gasteiger partial charge is 0.493 e. The fourth-order valence-corrected chi connectivity index (χ4v) is 2.47. The molecular weight excluding hydrogens is 326 g/mol. The molecule has 4 heteroatoms. The highest BCUT2D eigenvalue weighted by Gasteiger charge is 2.04.